The summed E-state index contributed by atoms with van der Waals surface area (Å²) in [6.07, 6.45) is 2.37. The van der Waals surface area contributed by atoms with Crippen molar-refractivity contribution in [1.29, 1.82) is 0 Å². The van der Waals surface area contributed by atoms with E-state index >= 15 is 0 Å². The third kappa shape index (κ3) is 2.43. The average molecular weight is 289 g/mol. The molecule has 2 aromatic rings. The molecule has 0 bridgehead atoms. The lowest BCUT2D eigenvalue weighted by Crippen LogP contribution is -2.11. The zero-order valence-electron chi connectivity index (χ0n) is 11.3. The zero-order valence-corrected chi connectivity index (χ0v) is 12.1. The number of aryl methyl sites for hydroxylation is 1. The molecule has 6 heteroatoms. The molecule has 0 N–H and O–H groups in total. The van der Waals surface area contributed by atoms with Crippen LogP contribution >= 0.6 is 11.8 Å². The quantitative estimate of drug-likeness (QED) is 0.812. The zero-order chi connectivity index (χ0) is 14.1. The lowest BCUT2D eigenvalue weighted by Gasteiger charge is -2.10. The lowest BCUT2D eigenvalue weighted by atomic mass is 10.2. The maximum absolute atomic E-state index is 11.7. The second-order valence-electron chi connectivity index (χ2n) is 4.86. The van der Waals surface area contributed by atoms with Crippen molar-refractivity contribution in [3.63, 3.8) is 0 Å². The summed E-state index contributed by atoms with van der Waals surface area (Å²) >= 11 is 1.41. The predicted octanol–water partition coefficient (Wildman–Crippen LogP) is 2.37. The van der Waals surface area contributed by atoms with Crippen molar-refractivity contribution in [2.45, 2.75) is 36.8 Å². The minimum atomic E-state index is -0.197. The highest BCUT2D eigenvalue weighted by atomic mass is 32.2. The number of hydrogen-bond acceptors (Lipinski definition) is 5. The molecular formula is C14H15N3O2S. The highest BCUT2D eigenvalue weighted by Gasteiger charge is 2.34. The Morgan fingerprint density at radius 3 is 2.90 bits per heavy atom. The van der Waals surface area contributed by atoms with Gasteiger partial charge in [0.25, 0.3) is 0 Å². The lowest BCUT2D eigenvalue weighted by molar-refractivity contribution is -0.140. The Balaban J connectivity index is 1.88. The molecule has 1 aromatic carbocycles. The Hall–Kier alpha value is -1.82. The number of nitrogens with zero attached hydrogens (tertiary/aromatic N) is 3. The summed E-state index contributed by atoms with van der Waals surface area (Å²) in [4.78, 5) is 11.7. The molecule has 104 valence electrons. The van der Waals surface area contributed by atoms with Crippen LogP contribution in [-0.2, 0) is 9.53 Å². The van der Waals surface area contributed by atoms with Gasteiger partial charge >= 0.3 is 5.97 Å². The van der Waals surface area contributed by atoms with Gasteiger partial charge in [-0.1, -0.05) is 30.0 Å². The van der Waals surface area contributed by atoms with Crippen LogP contribution < -0.4 is 0 Å². The van der Waals surface area contributed by atoms with Gasteiger partial charge in [-0.05, 0) is 25.5 Å². The van der Waals surface area contributed by atoms with Gasteiger partial charge < -0.3 is 4.74 Å². The number of carbonyl (C=O) groups is 1. The predicted molar refractivity (Wildman–Crippen MR) is 75.9 cm³/mol. The molecule has 1 aliphatic rings. The summed E-state index contributed by atoms with van der Waals surface area (Å²) in [6, 6.07) is 8.02. The van der Waals surface area contributed by atoms with Gasteiger partial charge in [-0.2, -0.15) is 0 Å². The largest absolute Gasteiger partial charge is 0.462 e. The molecule has 20 heavy (non-hydrogen) atoms. The van der Waals surface area contributed by atoms with Crippen molar-refractivity contribution < 1.29 is 9.53 Å². The van der Waals surface area contributed by atoms with E-state index in [0.29, 0.717) is 6.42 Å². The molecule has 0 amide bonds. The summed E-state index contributed by atoms with van der Waals surface area (Å²) < 4.78 is 7.09. The van der Waals surface area contributed by atoms with Crippen LogP contribution in [0.1, 0.15) is 18.9 Å². The molecule has 1 saturated heterocycles. The van der Waals surface area contributed by atoms with Gasteiger partial charge in [0, 0.05) is 6.42 Å². The van der Waals surface area contributed by atoms with E-state index in [9.17, 15) is 4.79 Å². The van der Waals surface area contributed by atoms with Gasteiger partial charge in [-0.3, -0.25) is 9.36 Å². The fraction of sp³-hybridized carbons (Fsp3) is 0.357. The number of hydrogen-bond donors (Lipinski definition) is 0. The van der Waals surface area contributed by atoms with Gasteiger partial charge in [0.15, 0.2) is 5.16 Å². The summed E-state index contributed by atoms with van der Waals surface area (Å²) in [5.74, 6) is -0.165. The molecule has 0 saturated carbocycles. The van der Waals surface area contributed by atoms with Crippen LogP contribution in [0.2, 0.25) is 0 Å². The topological polar surface area (TPSA) is 57.0 Å². The van der Waals surface area contributed by atoms with E-state index in [1.54, 1.807) is 6.33 Å². The number of cyclic esters (lactones) is 1. The van der Waals surface area contributed by atoms with E-state index in [-0.39, 0.29) is 17.3 Å². The van der Waals surface area contributed by atoms with Crippen LogP contribution in [0.4, 0.5) is 0 Å². The number of benzene rings is 1. The standard InChI is InChI=1S/C14H15N3O2S/c1-9-5-3-4-6-11(9)17-8-15-16-14(17)20-12-7-10(2)19-13(12)18/h3-6,8,10,12H,7H2,1-2H3/t10-,12-/m0/s1. The van der Waals surface area contributed by atoms with E-state index in [0.717, 1.165) is 16.4 Å². The molecule has 0 unspecified atom stereocenters. The van der Waals surface area contributed by atoms with Gasteiger partial charge in [-0.25, -0.2) is 0 Å². The first-order valence-electron chi connectivity index (χ1n) is 6.48. The van der Waals surface area contributed by atoms with Crippen molar-refractivity contribution in [3.05, 3.63) is 36.2 Å². The van der Waals surface area contributed by atoms with Crippen molar-refractivity contribution in [1.82, 2.24) is 14.8 Å². The highest BCUT2D eigenvalue weighted by molar-refractivity contribution is 8.00. The number of ether oxygens (including phenoxy) is 1. The van der Waals surface area contributed by atoms with Gasteiger partial charge in [0.2, 0.25) is 0 Å². The van der Waals surface area contributed by atoms with Crippen molar-refractivity contribution in [2.24, 2.45) is 0 Å². The molecule has 2 heterocycles. The molecule has 2 atom stereocenters. The third-order valence-electron chi connectivity index (χ3n) is 3.27. The van der Waals surface area contributed by atoms with E-state index in [2.05, 4.69) is 10.2 Å². The number of esters is 1. The first kappa shape index (κ1) is 13.2. The Morgan fingerprint density at radius 2 is 2.20 bits per heavy atom. The maximum atomic E-state index is 11.7. The number of thioether (sulfide) groups is 1. The minimum absolute atomic E-state index is 0.0187. The van der Waals surface area contributed by atoms with Crippen LogP contribution in [0.15, 0.2) is 35.7 Å². The van der Waals surface area contributed by atoms with Crippen LogP contribution in [0.5, 0.6) is 0 Å². The number of aromatic nitrogens is 3. The number of para-hydroxylation sites is 1. The van der Waals surface area contributed by atoms with Gasteiger partial charge in [-0.15, -0.1) is 10.2 Å². The van der Waals surface area contributed by atoms with Gasteiger partial charge in [0.05, 0.1) is 5.69 Å². The second kappa shape index (κ2) is 5.28. The SMILES string of the molecule is Cc1ccccc1-n1cnnc1S[C@H]1C[C@H](C)OC1=O. The van der Waals surface area contributed by atoms with Gasteiger partial charge in [0.1, 0.15) is 17.7 Å². The van der Waals surface area contributed by atoms with Crippen molar-refractivity contribution in [2.75, 3.05) is 0 Å². The molecule has 3 rings (SSSR count). The third-order valence-corrected chi connectivity index (χ3v) is 4.42. The molecule has 1 aliphatic heterocycles. The van der Waals surface area contributed by atoms with E-state index in [1.165, 1.54) is 11.8 Å². The summed E-state index contributed by atoms with van der Waals surface area (Å²) in [7, 11) is 0. The molecule has 0 aliphatic carbocycles. The second-order valence-corrected chi connectivity index (χ2v) is 6.03. The van der Waals surface area contributed by atoms with E-state index < -0.39 is 0 Å². The Kier molecular flexibility index (Phi) is 3.48. The first-order chi connectivity index (χ1) is 9.65. The molecule has 0 spiro atoms. The Bertz CT molecular complexity index is 641. The highest BCUT2D eigenvalue weighted by Crippen LogP contribution is 2.32. The average Bonchev–Trinajstić information content (AvgIpc) is 2.98. The summed E-state index contributed by atoms with van der Waals surface area (Å²) in [6.45, 7) is 3.94. The molecule has 1 aromatic heterocycles. The van der Waals surface area contributed by atoms with E-state index in [1.807, 2.05) is 42.7 Å². The molecule has 1 fully saturated rings. The number of carbonyl (C=O) groups excluding carboxylic acids is 1. The first-order valence-corrected chi connectivity index (χ1v) is 7.36. The van der Waals surface area contributed by atoms with Crippen molar-refractivity contribution in [3.8, 4) is 5.69 Å². The Morgan fingerprint density at radius 1 is 1.40 bits per heavy atom. The fourth-order valence-electron chi connectivity index (χ4n) is 2.25. The maximum Gasteiger partial charge on any atom is 0.319 e. The van der Waals surface area contributed by atoms with Crippen LogP contribution in [0, 0.1) is 6.92 Å². The molecular weight excluding hydrogens is 274 g/mol. The minimum Gasteiger partial charge on any atom is -0.462 e. The van der Waals surface area contributed by atoms with Crippen molar-refractivity contribution >= 4 is 17.7 Å². The fourth-order valence-corrected chi connectivity index (χ4v) is 3.37. The monoisotopic (exact) mass is 289 g/mol. The molecule has 5 nitrogen and oxygen atoms in total. The summed E-state index contributed by atoms with van der Waals surface area (Å²) in [5.41, 5.74) is 2.16. The molecule has 0 radical (unpaired) electrons. The van der Waals surface area contributed by atoms with Crippen LogP contribution in [0.25, 0.3) is 5.69 Å². The van der Waals surface area contributed by atoms with E-state index in [4.69, 9.17) is 4.74 Å². The smallest absolute Gasteiger partial charge is 0.319 e. The number of rotatable bonds is 3. The van der Waals surface area contributed by atoms with Crippen LogP contribution in [0.3, 0.4) is 0 Å². The van der Waals surface area contributed by atoms with Crippen LogP contribution in [-0.4, -0.2) is 32.1 Å². The summed E-state index contributed by atoms with van der Waals surface area (Å²) in [5, 5.41) is 8.61. The Labute approximate surface area is 121 Å². The normalized spacial score (nSPS) is 22.0.